The molecule has 0 bridgehead atoms. The highest BCUT2D eigenvalue weighted by molar-refractivity contribution is 9.11. The Hall–Kier alpha value is -1.08. The molecule has 1 rings (SSSR count). The monoisotopic (exact) mass is 406 g/mol. The van der Waals surface area contributed by atoms with Crippen molar-refractivity contribution in [2.45, 2.75) is 13.8 Å². The number of nitrogens with one attached hydrogen (secondary N) is 2. The van der Waals surface area contributed by atoms with Gasteiger partial charge in [0.05, 0.1) is 11.6 Å². The third kappa shape index (κ3) is 5.13. The van der Waals surface area contributed by atoms with E-state index in [4.69, 9.17) is 5.11 Å². The van der Waals surface area contributed by atoms with Gasteiger partial charge in [0, 0.05) is 15.5 Å². The summed E-state index contributed by atoms with van der Waals surface area (Å²) in [6.07, 6.45) is 0. The number of amides is 2. The molecule has 110 valence electrons. The molecule has 0 heterocycles. The smallest absolute Gasteiger partial charge is 0.319 e. The highest BCUT2D eigenvalue weighted by Crippen LogP contribution is 2.26. The van der Waals surface area contributed by atoms with E-state index in [9.17, 15) is 9.59 Å². The first-order chi connectivity index (χ1) is 9.31. The van der Waals surface area contributed by atoms with E-state index < -0.39 is 17.9 Å². The van der Waals surface area contributed by atoms with Gasteiger partial charge in [-0.05, 0) is 40.0 Å². The molecule has 0 aliphatic carbocycles. The van der Waals surface area contributed by atoms with Crippen LogP contribution in [0.2, 0.25) is 0 Å². The van der Waals surface area contributed by atoms with Crippen LogP contribution < -0.4 is 10.6 Å². The Morgan fingerprint density at radius 3 is 2.45 bits per heavy atom. The Kier molecular flexibility index (Phi) is 6.48. The fourth-order valence-corrected chi connectivity index (χ4v) is 2.71. The summed E-state index contributed by atoms with van der Waals surface area (Å²) in [5, 5.41) is 14.3. The number of aliphatic carboxylic acids is 1. The van der Waals surface area contributed by atoms with E-state index in [1.54, 1.807) is 12.1 Å². The molecule has 0 fully saturated rings. The van der Waals surface area contributed by atoms with Gasteiger partial charge in [-0.2, -0.15) is 0 Å². The van der Waals surface area contributed by atoms with E-state index in [2.05, 4.69) is 42.5 Å². The summed E-state index contributed by atoms with van der Waals surface area (Å²) in [4.78, 5) is 22.8. The number of carbonyl (C=O) groups excluding carboxylic acids is 1. The standard InChI is InChI=1S/C13H16Br2N2O3/c1-7(2)9(12(18)19)6-16-13(20)17-11-4-3-8(14)5-10(11)15/h3-5,7,9H,6H2,1-2H3,(H,18,19)(H2,16,17,20). The van der Waals surface area contributed by atoms with E-state index >= 15 is 0 Å². The van der Waals surface area contributed by atoms with Crippen LogP contribution in [0, 0.1) is 11.8 Å². The number of hydrogen-bond acceptors (Lipinski definition) is 2. The van der Waals surface area contributed by atoms with E-state index in [-0.39, 0.29) is 12.5 Å². The topological polar surface area (TPSA) is 78.4 Å². The van der Waals surface area contributed by atoms with Gasteiger partial charge in [0.1, 0.15) is 0 Å². The van der Waals surface area contributed by atoms with Crippen LogP contribution >= 0.6 is 31.9 Å². The minimum absolute atomic E-state index is 0.0489. The number of carboxylic acid groups (broad SMARTS) is 1. The minimum Gasteiger partial charge on any atom is -0.481 e. The molecule has 1 unspecified atom stereocenters. The van der Waals surface area contributed by atoms with Crippen LogP contribution in [-0.2, 0) is 4.79 Å². The molecular weight excluding hydrogens is 392 g/mol. The lowest BCUT2D eigenvalue weighted by molar-refractivity contribution is -0.142. The Morgan fingerprint density at radius 1 is 1.30 bits per heavy atom. The second kappa shape index (κ2) is 7.64. The molecular formula is C13H16Br2N2O3. The zero-order valence-electron chi connectivity index (χ0n) is 11.1. The quantitative estimate of drug-likeness (QED) is 0.696. The SMILES string of the molecule is CC(C)C(CNC(=O)Nc1ccc(Br)cc1Br)C(=O)O. The zero-order chi connectivity index (χ0) is 15.3. The van der Waals surface area contributed by atoms with Gasteiger partial charge in [-0.25, -0.2) is 4.79 Å². The third-order valence-electron chi connectivity index (χ3n) is 2.78. The van der Waals surface area contributed by atoms with Gasteiger partial charge >= 0.3 is 12.0 Å². The number of rotatable bonds is 5. The van der Waals surface area contributed by atoms with E-state index in [0.717, 1.165) is 8.95 Å². The molecule has 1 aromatic rings. The number of benzene rings is 1. The van der Waals surface area contributed by atoms with Crippen LogP contribution in [0.3, 0.4) is 0 Å². The lowest BCUT2D eigenvalue weighted by atomic mass is 9.96. The van der Waals surface area contributed by atoms with E-state index in [0.29, 0.717) is 5.69 Å². The first-order valence-electron chi connectivity index (χ1n) is 6.04. The van der Waals surface area contributed by atoms with Gasteiger partial charge < -0.3 is 15.7 Å². The van der Waals surface area contributed by atoms with Crippen molar-refractivity contribution in [1.82, 2.24) is 5.32 Å². The first kappa shape index (κ1) is 17.0. The van der Waals surface area contributed by atoms with Gasteiger partial charge in [0.15, 0.2) is 0 Å². The van der Waals surface area contributed by atoms with Crippen molar-refractivity contribution in [1.29, 1.82) is 0 Å². The van der Waals surface area contributed by atoms with Crippen molar-refractivity contribution < 1.29 is 14.7 Å². The fraction of sp³-hybridized carbons (Fsp3) is 0.385. The maximum absolute atomic E-state index is 11.8. The van der Waals surface area contributed by atoms with Crippen molar-refractivity contribution >= 4 is 49.5 Å². The average Bonchev–Trinajstić information content (AvgIpc) is 2.32. The molecule has 1 aromatic carbocycles. The zero-order valence-corrected chi connectivity index (χ0v) is 14.3. The molecule has 5 nitrogen and oxygen atoms in total. The molecule has 0 saturated carbocycles. The Labute approximate surface area is 134 Å². The van der Waals surface area contributed by atoms with Gasteiger partial charge in [0.25, 0.3) is 0 Å². The van der Waals surface area contributed by atoms with Crippen LogP contribution in [0.1, 0.15) is 13.8 Å². The summed E-state index contributed by atoms with van der Waals surface area (Å²) >= 11 is 6.66. The number of hydrogen-bond donors (Lipinski definition) is 3. The fourth-order valence-electron chi connectivity index (χ4n) is 1.57. The second-order valence-corrected chi connectivity index (χ2v) is 6.42. The van der Waals surface area contributed by atoms with Crippen LogP contribution in [0.25, 0.3) is 0 Å². The van der Waals surface area contributed by atoms with Gasteiger partial charge in [-0.3, -0.25) is 4.79 Å². The van der Waals surface area contributed by atoms with E-state index in [1.165, 1.54) is 0 Å². The summed E-state index contributed by atoms with van der Waals surface area (Å²) in [6, 6.07) is 4.92. The van der Waals surface area contributed by atoms with Crippen molar-refractivity contribution in [3.05, 3.63) is 27.1 Å². The first-order valence-corrected chi connectivity index (χ1v) is 7.62. The molecule has 0 radical (unpaired) electrons. The predicted octanol–water partition coefficient (Wildman–Crippen LogP) is 3.69. The van der Waals surface area contributed by atoms with Crippen LogP contribution in [-0.4, -0.2) is 23.7 Å². The number of halogens is 2. The van der Waals surface area contributed by atoms with Crippen molar-refractivity contribution in [2.75, 3.05) is 11.9 Å². The number of carbonyl (C=O) groups is 2. The Bertz CT molecular complexity index is 506. The number of carboxylic acids is 1. The van der Waals surface area contributed by atoms with Crippen molar-refractivity contribution in [3.8, 4) is 0 Å². The number of urea groups is 1. The highest BCUT2D eigenvalue weighted by atomic mass is 79.9. The second-order valence-electron chi connectivity index (χ2n) is 4.65. The van der Waals surface area contributed by atoms with Crippen LogP contribution in [0.4, 0.5) is 10.5 Å². The Balaban J connectivity index is 2.57. The lowest BCUT2D eigenvalue weighted by Crippen LogP contribution is -2.37. The van der Waals surface area contributed by atoms with Crippen molar-refractivity contribution in [3.63, 3.8) is 0 Å². The normalized spacial score (nSPS) is 12.1. The number of anilines is 1. The third-order valence-corrected chi connectivity index (χ3v) is 3.93. The van der Waals surface area contributed by atoms with Crippen LogP contribution in [0.15, 0.2) is 27.1 Å². The largest absolute Gasteiger partial charge is 0.481 e. The molecule has 1 atom stereocenters. The summed E-state index contributed by atoms with van der Waals surface area (Å²) in [5.74, 6) is -1.56. The molecule has 0 aromatic heterocycles. The lowest BCUT2D eigenvalue weighted by Gasteiger charge is -2.17. The minimum atomic E-state index is -0.912. The average molecular weight is 408 g/mol. The molecule has 0 aliphatic heterocycles. The molecule has 0 saturated heterocycles. The Morgan fingerprint density at radius 2 is 1.95 bits per heavy atom. The summed E-state index contributed by atoms with van der Waals surface area (Å²) < 4.78 is 1.63. The maximum Gasteiger partial charge on any atom is 0.319 e. The molecule has 3 N–H and O–H groups in total. The van der Waals surface area contributed by atoms with Gasteiger partial charge in [-0.1, -0.05) is 29.8 Å². The summed E-state index contributed by atoms with van der Waals surface area (Å²) in [6.45, 7) is 3.71. The molecule has 0 aliphatic rings. The summed E-state index contributed by atoms with van der Waals surface area (Å²) in [5.41, 5.74) is 0.613. The summed E-state index contributed by atoms with van der Waals surface area (Å²) in [7, 11) is 0. The highest BCUT2D eigenvalue weighted by Gasteiger charge is 2.22. The molecule has 20 heavy (non-hydrogen) atoms. The van der Waals surface area contributed by atoms with Crippen LogP contribution in [0.5, 0.6) is 0 Å². The van der Waals surface area contributed by atoms with Crippen molar-refractivity contribution in [2.24, 2.45) is 11.8 Å². The predicted molar refractivity (Wildman–Crippen MR) is 84.8 cm³/mol. The van der Waals surface area contributed by atoms with Gasteiger partial charge in [0.2, 0.25) is 0 Å². The maximum atomic E-state index is 11.8. The molecule has 0 spiro atoms. The van der Waals surface area contributed by atoms with Gasteiger partial charge in [-0.15, -0.1) is 0 Å². The molecule has 7 heteroatoms. The molecule has 2 amide bonds. The van der Waals surface area contributed by atoms with E-state index in [1.807, 2.05) is 19.9 Å².